The second-order valence-corrected chi connectivity index (χ2v) is 5.78. The smallest absolute Gasteiger partial charge is 0.170 e. The maximum absolute atomic E-state index is 12.1. The van der Waals surface area contributed by atoms with Gasteiger partial charge in [0, 0.05) is 12.5 Å². The third kappa shape index (κ3) is 3.83. The average Bonchev–Trinajstić information content (AvgIpc) is 2.26. The van der Waals surface area contributed by atoms with Crippen molar-refractivity contribution in [1.29, 1.82) is 0 Å². The van der Waals surface area contributed by atoms with Crippen LogP contribution in [-0.2, 0) is 9.59 Å². The monoisotopic (exact) mass is 278 g/mol. The van der Waals surface area contributed by atoms with Crippen molar-refractivity contribution >= 4 is 11.6 Å². The molecule has 1 aliphatic carbocycles. The molecule has 0 saturated heterocycles. The molecule has 4 heteroatoms. The molecule has 1 aliphatic rings. The normalized spacial score (nSPS) is 19.1. The summed E-state index contributed by atoms with van der Waals surface area (Å²) in [4.78, 5) is 23.9. The van der Waals surface area contributed by atoms with Gasteiger partial charge in [-0.3, -0.25) is 9.59 Å². The highest BCUT2D eigenvalue weighted by molar-refractivity contribution is 6.06. The molecule has 0 aromatic carbocycles. The van der Waals surface area contributed by atoms with Gasteiger partial charge in [0.15, 0.2) is 11.6 Å². The van der Waals surface area contributed by atoms with Crippen LogP contribution >= 0.6 is 0 Å². The Hall–Kier alpha value is -1.84. The minimum absolute atomic E-state index is 0.106. The number of carbonyl (C=O) groups excluding carboxylic acids is 2. The van der Waals surface area contributed by atoms with Crippen molar-refractivity contribution in [3.63, 3.8) is 0 Å². The second kappa shape index (κ2) is 6.55. The summed E-state index contributed by atoms with van der Waals surface area (Å²) in [5.41, 5.74) is 0.921. The van der Waals surface area contributed by atoms with Crippen LogP contribution in [0.2, 0.25) is 0 Å². The lowest BCUT2D eigenvalue weighted by Crippen LogP contribution is -2.25. The van der Waals surface area contributed by atoms with E-state index in [1.807, 2.05) is 33.8 Å². The Morgan fingerprint density at radius 1 is 1.35 bits per heavy atom. The van der Waals surface area contributed by atoms with Gasteiger partial charge in [0.2, 0.25) is 0 Å². The van der Waals surface area contributed by atoms with Gasteiger partial charge in [-0.2, -0.15) is 0 Å². The van der Waals surface area contributed by atoms with Crippen LogP contribution in [0.1, 0.15) is 40.5 Å². The Bertz CT molecular complexity index is 503. The Morgan fingerprint density at radius 3 is 2.45 bits per heavy atom. The van der Waals surface area contributed by atoms with Crippen LogP contribution in [-0.4, -0.2) is 21.8 Å². The largest absolute Gasteiger partial charge is 0.511 e. The van der Waals surface area contributed by atoms with Gasteiger partial charge in [-0.25, -0.2) is 0 Å². The van der Waals surface area contributed by atoms with Crippen molar-refractivity contribution in [3.8, 4) is 0 Å². The van der Waals surface area contributed by atoms with Crippen molar-refractivity contribution in [2.45, 2.75) is 40.5 Å². The first-order valence-corrected chi connectivity index (χ1v) is 6.78. The molecule has 4 nitrogen and oxygen atoms in total. The molecule has 0 fully saturated rings. The van der Waals surface area contributed by atoms with E-state index in [4.69, 9.17) is 0 Å². The zero-order chi connectivity index (χ0) is 15.4. The van der Waals surface area contributed by atoms with Gasteiger partial charge in [0.1, 0.15) is 11.5 Å². The lowest BCUT2D eigenvalue weighted by Gasteiger charge is -2.20. The Morgan fingerprint density at radius 2 is 1.95 bits per heavy atom. The van der Waals surface area contributed by atoms with Crippen molar-refractivity contribution < 1.29 is 19.8 Å². The average molecular weight is 278 g/mol. The number of aliphatic hydroxyl groups is 2. The van der Waals surface area contributed by atoms with E-state index in [1.54, 1.807) is 0 Å². The number of aliphatic hydroxyl groups excluding tert-OH is 2. The van der Waals surface area contributed by atoms with E-state index >= 15 is 0 Å². The van der Waals surface area contributed by atoms with Gasteiger partial charge < -0.3 is 10.2 Å². The van der Waals surface area contributed by atoms with E-state index in [0.29, 0.717) is 6.42 Å². The molecule has 1 rings (SSSR count). The molecule has 0 spiro atoms. The molecule has 0 radical (unpaired) electrons. The number of carbonyl (C=O) groups is 2. The molecule has 1 atom stereocenters. The molecule has 0 bridgehead atoms. The first kappa shape index (κ1) is 16.2. The topological polar surface area (TPSA) is 74.6 Å². The number of hydrogen-bond acceptors (Lipinski definition) is 4. The Balaban J connectivity index is 3.11. The van der Waals surface area contributed by atoms with Gasteiger partial charge in [-0.1, -0.05) is 25.5 Å². The highest BCUT2D eigenvalue weighted by Crippen LogP contribution is 2.29. The van der Waals surface area contributed by atoms with E-state index in [1.165, 1.54) is 0 Å². The van der Waals surface area contributed by atoms with Crippen LogP contribution in [0, 0.1) is 11.8 Å². The van der Waals surface area contributed by atoms with E-state index in [-0.39, 0.29) is 35.2 Å². The molecule has 0 aliphatic heterocycles. The summed E-state index contributed by atoms with van der Waals surface area (Å²) in [5.74, 6) is -2.10. The van der Waals surface area contributed by atoms with Crippen molar-refractivity contribution in [3.05, 3.63) is 34.8 Å². The molecular formula is C16H22O4. The van der Waals surface area contributed by atoms with Gasteiger partial charge in [-0.05, 0) is 26.2 Å². The van der Waals surface area contributed by atoms with Gasteiger partial charge in [0.25, 0.3) is 0 Å². The highest BCUT2D eigenvalue weighted by Gasteiger charge is 2.33. The lowest BCUT2D eigenvalue weighted by atomic mass is 9.85. The number of hydrogen-bond donors (Lipinski definition) is 2. The van der Waals surface area contributed by atoms with Crippen LogP contribution in [0.5, 0.6) is 0 Å². The van der Waals surface area contributed by atoms with E-state index in [2.05, 4.69) is 0 Å². The minimum Gasteiger partial charge on any atom is -0.511 e. The second-order valence-electron chi connectivity index (χ2n) is 5.78. The third-order valence-corrected chi connectivity index (χ3v) is 3.10. The molecule has 0 amide bonds. The SMILES string of the molecule is CC(C)=CCC1C(=O)C=C(O)C(C(=O)CC(C)C)=C1O. The maximum atomic E-state index is 12.1. The number of ketones is 2. The standard InChI is InChI=1S/C16H22O4/c1-9(2)5-6-11-12(17)8-14(19)15(16(11)20)13(18)7-10(3)4/h5,8,10-11,19-20H,6-7H2,1-4H3. The minimum atomic E-state index is -0.771. The summed E-state index contributed by atoms with van der Waals surface area (Å²) in [7, 11) is 0. The van der Waals surface area contributed by atoms with Crippen LogP contribution in [0.4, 0.5) is 0 Å². The number of allylic oxidation sites excluding steroid dienone is 5. The van der Waals surface area contributed by atoms with Crippen LogP contribution in [0.15, 0.2) is 34.8 Å². The van der Waals surface area contributed by atoms with Crippen molar-refractivity contribution in [2.75, 3.05) is 0 Å². The molecule has 20 heavy (non-hydrogen) atoms. The number of Topliss-reactive ketones (excluding diaryl/α,β-unsaturated/α-hetero) is 1. The Kier molecular flexibility index (Phi) is 5.31. The summed E-state index contributed by atoms with van der Waals surface area (Å²) in [6.45, 7) is 7.55. The molecule has 0 heterocycles. The lowest BCUT2D eigenvalue weighted by molar-refractivity contribution is -0.118. The zero-order valence-corrected chi connectivity index (χ0v) is 12.4. The van der Waals surface area contributed by atoms with Crippen molar-refractivity contribution in [1.82, 2.24) is 0 Å². The van der Waals surface area contributed by atoms with Crippen LogP contribution < -0.4 is 0 Å². The summed E-state index contributed by atoms with van der Waals surface area (Å²) in [6.07, 6.45) is 3.42. The van der Waals surface area contributed by atoms with E-state index in [0.717, 1.165) is 11.6 Å². The molecule has 2 N–H and O–H groups in total. The molecule has 0 aromatic heterocycles. The third-order valence-electron chi connectivity index (χ3n) is 3.10. The fraction of sp³-hybridized carbons (Fsp3) is 0.500. The number of rotatable bonds is 5. The Labute approximate surface area is 119 Å². The first-order valence-electron chi connectivity index (χ1n) is 6.78. The van der Waals surface area contributed by atoms with Crippen molar-refractivity contribution in [2.24, 2.45) is 11.8 Å². The van der Waals surface area contributed by atoms with Gasteiger partial charge >= 0.3 is 0 Å². The fourth-order valence-electron chi connectivity index (χ4n) is 2.09. The van der Waals surface area contributed by atoms with Crippen LogP contribution in [0.3, 0.4) is 0 Å². The summed E-state index contributed by atoms with van der Waals surface area (Å²) >= 11 is 0. The summed E-state index contributed by atoms with van der Waals surface area (Å²) in [5, 5.41) is 19.9. The molecule has 110 valence electrons. The van der Waals surface area contributed by atoms with Gasteiger partial charge in [-0.15, -0.1) is 0 Å². The fourth-order valence-corrected chi connectivity index (χ4v) is 2.09. The predicted molar refractivity (Wildman–Crippen MR) is 77.4 cm³/mol. The molecule has 0 saturated carbocycles. The predicted octanol–water partition coefficient (Wildman–Crippen LogP) is 3.41. The quantitative estimate of drug-likeness (QED) is 0.756. The molecule has 0 aromatic rings. The zero-order valence-electron chi connectivity index (χ0n) is 12.4. The molecule has 1 unspecified atom stereocenters. The first-order chi connectivity index (χ1) is 9.23. The maximum Gasteiger partial charge on any atom is 0.170 e. The molecular weight excluding hydrogens is 256 g/mol. The summed E-state index contributed by atoms with van der Waals surface area (Å²) < 4.78 is 0. The van der Waals surface area contributed by atoms with Gasteiger partial charge in [0.05, 0.1) is 11.5 Å². The van der Waals surface area contributed by atoms with E-state index in [9.17, 15) is 19.8 Å². The van der Waals surface area contributed by atoms with E-state index < -0.39 is 11.7 Å². The summed E-state index contributed by atoms with van der Waals surface area (Å²) in [6, 6.07) is 0. The van der Waals surface area contributed by atoms with Crippen LogP contribution in [0.25, 0.3) is 0 Å². The highest BCUT2D eigenvalue weighted by atomic mass is 16.3.